The van der Waals surface area contributed by atoms with Crippen molar-refractivity contribution in [2.45, 2.75) is 114 Å². The van der Waals surface area contributed by atoms with Gasteiger partial charge in [0.25, 0.3) is 0 Å². The first-order chi connectivity index (χ1) is 23.9. The van der Waals surface area contributed by atoms with Crippen molar-refractivity contribution < 1.29 is 76.9 Å². The number of esters is 4. The largest absolute Gasteiger partial charge is 0.510 e. The minimum absolute atomic E-state index is 0.184. The van der Waals surface area contributed by atoms with Crippen LogP contribution < -0.4 is 0 Å². The molecule has 2 spiro atoms. The number of cyclic esters (lactones) is 1. The summed E-state index contributed by atoms with van der Waals surface area (Å²) in [7, 11) is 0. The van der Waals surface area contributed by atoms with Crippen molar-refractivity contribution in [3.8, 4) is 0 Å². The van der Waals surface area contributed by atoms with E-state index in [4.69, 9.17) is 37.6 Å². The molecule has 4 saturated carbocycles. The molecular formula is C35H40O16. The van der Waals surface area contributed by atoms with Crippen LogP contribution in [0.5, 0.6) is 0 Å². The van der Waals surface area contributed by atoms with Gasteiger partial charge in [-0.25, -0.2) is 4.79 Å². The van der Waals surface area contributed by atoms with Gasteiger partial charge in [-0.3, -0.25) is 19.2 Å². The Hall–Kier alpha value is -4.15. The number of hydrogen-bond acceptors (Lipinski definition) is 16. The van der Waals surface area contributed by atoms with Crippen LogP contribution in [0.15, 0.2) is 34.8 Å². The highest BCUT2D eigenvalue weighted by molar-refractivity contribution is 5.76. The summed E-state index contributed by atoms with van der Waals surface area (Å²) in [6.07, 6.45) is -6.20. The first-order valence-electron chi connectivity index (χ1n) is 17.0. The predicted molar refractivity (Wildman–Crippen MR) is 162 cm³/mol. The number of aliphatic hydroxyl groups excluding tert-OH is 1. The Morgan fingerprint density at radius 2 is 1.71 bits per heavy atom. The van der Waals surface area contributed by atoms with E-state index in [1.54, 1.807) is 26.8 Å². The van der Waals surface area contributed by atoms with Crippen molar-refractivity contribution in [3.63, 3.8) is 0 Å². The van der Waals surface area contributed by atoms with Crippen LogP contribution in [0.2, 0.25) is 0 Å². The summed E-state index contributed by atoms with van der Waals surface area (Å²) in [4.78, 5) is 66.7. The van der Waals surface area contributed by atoms with Crippen molar-refractivity contribution in [1.82, 2.24) is 0 Å². The average Bonchev–Trinajstić information content (AvgIpc) is 3.78. The van der Waals surface area contributed by atoms with Crippen molar-refractivity contribution in [3.05, 3.63) is 36.0 Å². The molecule has 6 fully saturated rings. The lowest BCUT2D eigenvalue weighted by atomic mass is 9.32. The van der Waals surface area contributed by atoms with Crippen LogP contribution in [-0.4, -0.2) is 98.8 Å². The number of aliphatic hydroxyl groups is 3. The number of allylic oxidation sites excluding steroid dienone is 1. The number of rotatable bonds is 6. The summed E-state index contributed by atoms with van der Waals surface area (Å²) in [5, 5.41) is 38.7. The molecule has 4 heterocycles. The van der Waals surface area contributed by atoms with E-state index in [1.807, 2.05) is 0 Å². The zero-order valence-electron chi connectivity index (χ0n) is 28.8. The molecule has 2 bridgehead atoms. The van der Waals surface area contributed by atoms with Crippen LogP contribution >= 0.6 is 0 Å². The lowest BCUT2D eigenvalue weighted by Gasteiger charge is -2.77. The van der Waals surface area contributed by atoms with E-state index in [0.29, 0.717) is 0 Å². The third-order valence-electron chi connectivity index (χ3n) is 13.5. The zero-order chi connectivity index (χ0) is 36.9. The van der Waals surface area contributed by atoms with E-state index in [-0.39, 0.29) is 24.2 Å². The first kappa shape index (κ1) is 34.0. The van der Waals surface area contributed by atoms with E-state index in [1.165, 1.54) is 25.5 Å². The molecule has 0 amide bonds. The fraction of sp³-hybridized carbons (Fsp3) is 0.686. The minimum Gasteiger partial charge on any atom is -0.487 e. The molecule has 4 aliphatic carbocycles. The van der Waals surface area contributed by atoms with Crippen LogP contribution in [0.3, 0.4) is 0 Å². The maximum Gasteiger partial charge on any atom is 0.510 e. The van der Waals surface area contributed by atoms with Crippen molar-refractivity contribution in [2.24, 2.45) is 28.1 Å². The SMILES string of the molecule is CCC1=C[C@@H]2[C@](C)([C@@H](OC(C)=O)c3ccoc3)[C@@H](OC(C)=O)[C@@H](OC(C)=O)[C@@]34OC(=O)O[C@@]23[C@H](O1)[C@@]1(O)[C@@H](O)[C@]2(C)C[C@@]1(O)[C@]41COC(=O)C[C@@H]21. The molecule has 276 valence electrons. The lowest BCUT2D eigenvalue weighted by molar-refractivity contribution is -0.445. The monoisotopic (exact) mass is 716 g/mol. The molecule has 1 aromatic heterocycles. The second-order valence-corrected chi connectivity index (χ2v) is 15.6. The van der Waals surface area contributed by atoms with Crippen molar-refractivity contribution in [1.29, 1.82) is 0 Å². The normalized spacial score (nSPS) is 48.7. The Bertz CT molecular complexity index is 1790. The fourth-order valence-electron chi connectivity index (χ4n) is 12.1. The number of carbonyl (C=O) groups excluding carboxylic acids is 5. The van der Waals surface area contributed by atoms with Gasteiger partial charge in [0.1, 0.15) is 18.3 Å². The zero-order valence-corrected chi connectivity index (χ0v) is 28.8. The molecule has 0 aromatic carbocycles. The summed E-state index contributed by atoms with van der Waals surface area (Å²) in [6.45, 7) is 7.61. The standard InChI is InChI=1S/C35H40O16/c1-7-19-10-21-30(6,23(46-15(2)36)18-8-9-44-12-18)24(47-16(3)37)25(48-17(4)38)35-31-14-45-22(39)11-20(31)29(5)13-32(31,42)33(43,26(29)40)27(49-19)34(21,35)50-28(41)51-35/h8-10,12,20-21,23-27,40,42-43H,7,11,13-14H2,1-6H3/t20-,21+,23-,24-,25+,26-,27+,29+,30+,31+,32+,33-,34+,35-/m0/s1. The smallest absolute Gasteiger partial charge is 0.487 e. The third kappa shape index (κ3) is 3.41. The summed E-state index contributed by atoms with van der Waals surface area (Å²) in [6, 6.07) is 1.52. The number of ether oxygens (including phenoxy) is 7. The maximum absolute atomic E-state index is 14.1. The van der Waals surface area contributed by atoms with Crippen molar-refractivity contribution >= 4 is 30.0 Å². The molecule has 3 aliphatic heterocycles. The quantitative estimate of drug-likeness (QED) is 0.280. The second kappa shape index (κ2) is 10.0. The first-order valence-corrected chi connectivity index (χ1v) is 17.0. The van der Waals surface area contributed by atoms with Crippen LogP contribution in [0.1, 0.15) is 72.5 Å². The van der Waals surface area contributed by atoms with Gasteiger partial charge in [0.15, 0.2) is 23.9 Å². The minimum atomic E-state index is -2.64. The van der Waals surface area contributed by atoms with Crippen LogP contribution in [0, 0.1) is 28.1 Å². The van der Waals surface area contributed by atoms with E-state index in [0.717, 1.165) is 13.8 Å². The van der Waals surface area contributed by atoms with E-state index in [2.05, 4.69) is 0 Å². The Balaban J connectivity index is 1.56. The molecule has 0 unspecified atom stereocenters. The van der Waals surface area contributed by atoms with Gasteiger partial charge in [-0.05, 0) is 24.5 Å². The van der Waals surface area contributed by atoms with Gasteiger partial charge in [-0.2, -0.15) is 0 Å². The highest BCUT2D eigenvalue weighted by atomic mass is 16.8. The van der Waals surface area contributed by atoms with E-state index < -0.39 is 124 Å². The second-order valence-electron chi connectivity index (χ2n) is 15.6. The summed E-state index contributed by atoms with van der Waals surface area (Å²) in [5.74, 6) is -5.44. The number of carbonyl (C=O) groups is 5. The molecule has 8 rings (SSSR count). The van der Waals surface area contributed by atoms with Gasteiger partial charge in [0.05, 0.1) is 35.2 Å². The molecule has 14 atom stereocenters. The molecule has 7 aliphatic rings. The molecule has 16 nitrogen and oxygen atoms in total. The Morgan fingerprint density at radius 3 is 2.31 bits per heavy atom. The fourth-order valence-corrected chi connectivity index (χ4v) is 12.1. The maximum atomic E-state index is 14.1. The highest BCUT2D eigenvalue weighted by Crippen LogP contribution is 2.86. The van der Waals surface area contributed by atoms with Crippen molar-refractivity contribution in [2.75, 3.05) is 6.61 Å². The Labute approximate surface area is 291 Å². The molecular weight excluding hydrogens is 676 g/mol. The summed E-state index contributed by atoms with van der Waals surface area (Å²) >= 11 is 0. The van der Waals surface area contributed by atoms with Gasteiger partial charge in [-0.1, -0.05) is 20.8 Å². The average molecular weight is 717 g/mol. The number of furan rings is 1. The molecule has 0 radical (unpaired) electrons. The molecule has 51 heavy (non-hydrogen) atoms. The molecule has 2 saturated heterocycles. The van der Waals surface area contributed by atoms with Crippen LogP contribution in [-0.2, 0) is 52.3 Å². The molecule has 16 heteroatoms. The van der Waals surface area contributed by atoms with Gasteiger partial charge in [0, 0.05) is 50.5 Å². The Kier molecular flexibility index (Phi) is 6.69. The summed E-state index contributed by atoms with van der Waals surface area (Å²) in [5.41, 5.74) is -14.9. The van der Waals surface area contributed by atoms with Gasteiger partial charge >= 0.3 is 30.0 Å². The molecule has 1 aromatic rings. The van der Waals surface area contributed by atoms with Gasteiger partial charge < -0.3 is 52.9 Å². The number of hydrogen-bond donors (Lipinski definition) is 3. The molecule has 3 N–H and O–H groups in total. The van der Waals surface area contributed by atoms with E-state index >= 15 is 0 Å². The Morgan fingerprint density at radius 1 is 1.02 bits per heavy atom. The van der Waals surface area contributed by atoms with E-state index in [9.17, 15) is 39.3 Å². The lowest BCUT2D eigenvalue weighted by Crippen LogP contribution is -2.98. The third-order valence-corrected chi connectivity index (χ3v) is 13.5. The predicted octanol–water partition coefficient (Wildman–Crippen LogP) is 1.53. The highest BCUT2D eigenvalue weighted by Gasteiger charge is 3.05. The number of fused-ring (bicyclic) bond motifs is 3. The topological polar surface area (TPSA) is 224 Å². The van der Waals surface area contributed by atoms with Crippen LogP contribution in [0.25, 0.3) is 0 Å². The summed E-state index contributed by atoms with van der Waals surface area (Å²) < 4.78 is 48.8. The van der Waals surface area contributed by atoms with Gasteiger partial charge in [0.2, 0.25) is 11.2 Å². The van der Waals surface area contributed by atoms with Crippen LogP contribution in [0.4, 0.5) is 4.79 Å². The van der Waals surface area contributed by atoms with Gasteiger partial charge in [-0.15, -0.1) is 0 Å².